The SMILES string of the molecule is CC1(C)OB(c2ccc([C@H](O)Cc3cccc(C(F)(F)F)c3)cc2)OC1(C)C. The summed E-state index contributed by atoms with van der Waals surface area (Å²) in [7, 11) is -0.500. The fraction of sp³-hybridized carbons (Fsp3) is 0.429. The van der Waals surface area contributed by atoms with Gasteiger partial charge in [-0.15, -0.1) is 0 Å². The van der Waals surface area contributed by atoms with Gasteiger partial charge >= 0.3 is 13.3 Å². The highest BCUT2D eigenvalue weighted by Gasteiger charge is 2.51. The van der Waals surface area contributed by atoms with Gasteiger partial charge < -0.3 is 14.4 Å². The normalized spacial score (nSPS) is 19.6. The Kier molecular flexibility index (Phi) is 5.38. The molecule has 1 aliphatic rings. The number of alkyl halides is 3. The maximum absolute atomic E-state index is 12.8. The average molecular weight is 392 g/mol. The van der Waals surface area contributed by atoms with Crippen LogP contribution in [0.2, 0.25) is 0 Å². The number of rotatable bonds is 4. The van der Waals surface area contributed by atoms with Gasteiger partial charge in [-0.3, -0.25) is 0 Å². The molecule has 1 heterocycles. The van der Waals surface area contributed by atoms with E-state index in [-0.39, 0.29) is 6.42 Å². The van der Waals surface area contributed by atoms with Gasteiger partial charge in [0, 0.05) is 6.42 Å². The van der Waals surface area contributed by atoms with Gasteiger partial charge in [-0.2, -0.15) is 13.2 Å². The Hall–Kier alpha value is -1.83. The van der Waals surface area contributed by atoms with Crippen LogP contribution in [0.3, 0.4) is 0 Å². The molecule has 0 bridgehead atoms. The van der Waals surface area contributed by atoms with Gasteiger partial charge in [-0.1, -0.05) is 42.5 Å². The maximum Gasteiger partial charge on any atom is 0.494 e. The molecule has 0 aliphatic carbocycles. The van der Waals surface area contributed by atoms with Crippen LogP contribution in [0.15, 0.2) is 48.5 Å². The van der Waals surface area contributed by atoms with E-state index < -0.39 is 36.2 Å². The van der Waals surface area contributed by atoms with Crippen molar-refractivity contribution in [1.82, 2.24) is 0 Å². The molecule has 2 aromatic rings. The fourth-order valence-corrected chi connectivity index (χ4v) is 3.07. The molecular weight excluding hydrogens is 368 g/mol. The van der Waals surface area contributed by atoms with Gasteiger partial charge in [-0.25, -0.2) is 0 Å². The molecule has 0 spiro atoms. The van der Waals surface area contributed by atoms with Crippen molar-refractivity contribution in [3.63, 3.8) is 0 Å². The molecule has 150 valence electrons. The number of halogens is 3. The molecule has 2 aromatic carbocycles. The lowest BCUT2D eigenvalue weighted by Crippen LogP contribution is -2.41. The van der Waals surface area contributed by atoms with Crippen molar-refractivity contribution in [2.75, 3.05) is 0 Å². The van der Waals surface area contributed by atoms with Crippen molar-refractivity contribution >= 4 is 12.6 Å². The minimum absolute atomic E-state index is 0.0970. The highest BCUT2D eigenvalue weighted by atomic mass is 19.4. The summed E-state index contributed by atoms with van der Waals surface area (Å²) in [6.45, 7) is 7.89. The van der Waals surface area contributed by atoms with Crippen molar-refractivity contribution in [3.8, 4) is 0 Å². The van der Waals surface area contributed by atoms with Crippen molar-refractivity contribution < 1.29 is 27.6 Å². The fourth-order valence-electron chi connectivity index (χ4n) is 3.07. The van der Waals surface area contributed by atoms with Gasteiger partial charge in [0.1, 0.15) is 0 Å². The van der Waals surface area contributed by atoms with E-state index in [2.05, 4.69) is 0 Å². The molecule has 3 nitrogen and oxygen atoms in total. The van der Waals surface area contributed by atoms with Gasteiger partial charge in [0.05, 0.1) is 22.9 Å². The van der Waals surface area contributed by atoms with Crippen molar-refractivity contribution in [2.45, 2.75) is 57.6 Å². The van der Waals surface area contributed by atoms with E-state index in [1.165, 1.54) is 6.07 Å². The standard InChI is InChI=1S/C21H24BF3O3/c1-19(2)20(3,4)28-22(27-19)17-10-8-15(9-11-17)18(26)13-14-6-5-7-16(12-14)21(23,24)25/h5-12,18,26H,13H2,1-4H3/t18-/m1/s1. The summed E-state index contributed by atoms with van der Waals surface area (Å²) in [6.07, 6.45) is -5.21. The van der Waals surface area contributed by atoms with E-state index in [1.807, 2.05) is 39.8 Å². The quantitative estimate of drug-likeness (QED) is 0.790. The summed E-state index contributed by atoms with van der Waals surface area (Å²) in [5.41, 5.74) is 0.274. The Bertz CT molecular complexity index is 816. The van der Waals surface area contributed by atoms with E-state index in [0.29, 0.717) is 11.1 Å². The monoisotopic (exact) mass is 392 g/mol. The number of hydrogen-bond donors (Lipinski definition) is 1. The van der Waals surface area contributed by atoms with Crippen LogP contribution < -0.4 is 5.46 Å². The number of benzene rings is 2. The van der Waals surface area contributed by atoms with Crippen molar-refractivity contribution in [2.24, 2.45) is 0 Å². The summed E-state index contributed by atoms with van der Waals surface area (Å²) in [5, 5.41) is 10.4. The molecule has 1 saturated heterocycles. The second kappa shape index (κ2) is 7.21. The molecule has 0 aromatic heterocycles. The maximum atomic E-state index is 12.8. The lowest BCUT2D eigenvalue weighted by Gasteiger charge is -2.32. The van der Waals surface area contributed by atoms with Gasteiger partial charge in [0.15, 0.2) is 0 Å². The minimum atomic E-state index is -4.40. The molecule has 1 fully saturated rings. The predicted molar refractivity (Wildman–Crippen MR) is 102 cm³/mol. The summed E-state index contributed by atoms with van der Waals surface area (Å²) >= 11 is 0. The third-order valence-electron chi connectivity index (χ3n) is 5.53. The molecule has 0 saturated carbocycles. The van der Waals surface area contributed by atoms with E-state index in [1.54, 1.807) is 18.2 Å². The lowest BCUT2D eigenvalue weighted by molar-refractivity contribution is -0.137. The van der Waals surface area contributed by atoms with Crippen LogP contribution in [0.1, 0.15) is 50.5 Å². The van der Waals surface area contributed by atoms with Crippen LogP contribution in [-0.2, 0) is 21.9 Å². The highest BCUT2D eigenvalue weighted by molar-refractivity contribution is 6.62. The molecule has 0 amide bonds. The van der Waals surface area contributed by atoms with Gasteiger partial charge in [-0.05, 0) is 50.4 Å². The van der Waals surface area contributed by atoms with E-state index in [4.69, 9.17) is 9.31 Å². The zero-order valence-corrected chi connectivity index (χ0v) is 16.4. The predicted octanol–water partition coefficient (Wildman–Crippen LogP) is 4.28. The first-order chi connectivity index (χ1) is 12.9. The second-order valence-electron chi connectivity index (χ2n) is 8.17. The summed E-state index contributed by atoms with van der Waals surface area (Å²) < 4.78 is 50.5. The van der Waals surface area contributed by atoms with E-state index in [0.717, 1.165) is 17.6 Å². The first kappa shape index (κ1) is 20.9. The Morgan fingerprint density at radius 3 is 2.07 bits per heavy atom. The minimum Gasteiger partial charge on any atom is -0.399 e. The molecule has 0 radical (unpaired) electrons. The largest absolute Gasteiger partial charge is 0.494 e. The first-order valence-electron chi connectivity index (χ1n) is 9.19. The van der Waals surface area contributed by atoms with Gasteiger partial charge in [0.25, 0.3) is 0 Å². The van der Waals surface area contributed by atoms with Crippen LogP contribution in [0, 0.1) is 0 Å². The number of hydrogen-bond acceptors (Lipinski definition) is 3. The molecule has 7 heteroatoms. The topological polar surface area (TPSA) is 38.7 Å². The molecule has 1 atom stereocenters. The smallest absolute Gasteiger partial charge is 0.399 e. The zero-order valence-electron chi connectivity index (χ0n) is 16.4. The third kappa shape index (κ3) is 4.26. The molecule has 28 heavy (non-hydrogen) atoms. The molecule has 3 rings (SSSR count). The molecular formula is C21H24BF3O3. The van der Waals surface area contributed by atoms with Crippen LogP contribution in [-0.4, -0.2) is 23.4 Å². The van der Waals surface area contributed by atoms with E-state index >= 15 is 0 Å². The Labute approximate surface area is 163 Å². The lowest BCUT2D eigenvalue weighted by atomic mass is 9.78. The van der Waals surface area contributed by atoms with Crippen LogP contribution in [0.5, 0.6) is 0 Å². The average Bonchev–Trinajstić information content (AvgIpc) is 2.82. The second-order valence-corrected chi connectivity index (χ2v) is 8.17. The Morgan fingerprint density at radius 1 is 0.964 bits per heavy atom. The van der Waals surface area contributed by atoms with Crippen LogP contribution in [0.25, 0.3) is 0 Å². The number of aliphatic hydroxyl groups is 1. The first-order valence-corrected chi connectivity index (χ1v) is 9.19. The van der Waals surface area contributed by atoms with Crippen molar-refractivity contribution in [3.05, 3.63) is 65.2 Å². The molecule has 1 N–H and O–H groups in total. The highest BCUT2D eigenvalue weighted by Crippen LogP contribution is 2.36. The number of aliphatic hydroxyl groups excluding tert-OH is 1. The van der Waals surface area contributed by atoms with Crippen LogP contribution >= 0.6 is 0 Å². The van der Waals surface area contributed by atoms with E-state index in [9.17, 15) is 18.3 Å². The molecule has 1 aliphatic heterocycles. The van der Waals surface area contributed by atoms with Crippen molar-refractivity contribution in [1.29, 1.82) is 0 Å². The molecule has 0 unspecified atom stereocenters. The Morgan fingerprint density at radius 2 is 1.54 bits per heavy atom. The van der Waals surface area contributed by atoms with Gasteiger partial charge in [0.2, 0.25) is 0 Å². The summed E-state index contributed by atoms with van der Waals surface area (Å²) in [6, 6.07) is 12.2. The third-order valence-corrected chi connectivity index (χ3v) is 5.53. The summed E-state index contributed by atoms with van der Waals surface area (Å²) in [4.78, 5) is 0. The summed E-state index contributed by atoms with van der Waals surface area (Å²) in [5.74, 6) is 0. The zero-order chi connectivity index (χ0) is 20.7. The Balaban J connectivity index is 1.70. The van der Waals surface area contributed by atoms with Crippen LogP contribution in [0.4, 0.5) is 13.2 Å².